The summed E-state index contributed by atoms with van der Waals surface area (Å²) in [6.07, 6.45) is 1.91. The number of nitrogens with one attached hydrogen (secondary N) is 1. The zero-order chi connectivity index (χ0) is 16.9. The summed E-state index contributed by atoms with van der Waals surface area (Å²) in [6.45, 7) is 4.61. The number of carbonyl (C=O) groups excluding carboxylic acids is 1. The van der Waals surface area contributed by atoms with E-state index < -0.39 is 0 Å². The van der Waals surface area contributed by atoms with Crippen LogP contribution in [-0.2, 0) is 17.8 Å². The van der Waals surface area contributed by atoms with E-state index >= 15 is 0 Å². The number of hydrogen-bond acceptors (Lipinski definition) is 2. The van der Waals surface area contributed by atoms with Crippen molar-refractivity contribution in [3.8, 4) is 0 Å². The number of para-hydroxylation sites is 2. The van der Waals surface area contributed by atoms with E-state index in [2.05, 4.69) is 16.5 Å². The molecule has 0 fully saturated rings. The summed E-state index contributed by atoms with van der Waals surface area (Å²) >= 11 is 6.31. The largest absolute Gasteiger partial charge is 0.352 e. The van der Waals surface area contributed by atoms with Crippen LogP contribution >= 0.6 is 11.6 Å². The van der Waals surface area contributed by atoms with Crippen LogP contribution in [0.3, 0.4) is 0 Å². The fraction of sp³-hybridized carbons (Fsp3) is 0.158. The van der Waals surface area contributed by atoms with Crippen molar-refractivity contribution < 1.29 is 4.79 Å². The maximum atomic E-state index is 11.3. The minimum Gasteiger partial charge on any atom is -0.352 e. The van der Waals surface area contributed by atoms with Gasteiger partial charge < -0.3 is 9.88 Å². The summed E-state index contributed by atoms with van der Waals surface area (Å²) < 4.78 is 2.15. The van der Waals surface area contributed by atoms with E-state index in [4.69, 9.17) is 16.6 Å². The minimum absolute atomic E-state index is 0.177. The topological polar surface area (TPSA) is 46.9 Å². The maximum Gasteiger partial charge on any atom is 0.243 e. The first-order valence-corrected chi connectivity index (χ1v) is 8.14. The summed E-state index contributed by atoms with van der Waals surface area (Å²) in [5.41, 5.74) is 3.04. The van der Waals surface area contributed by atoms with Crippen molar-refractivity contribution in [3.63, 3.8) is 0 Å². The summed E-state index contributed by atoms with van der Waals surface area (Å²) in [5, 5.41) is 3.53. The molecule has 2 aromatic carbocycles. The SMILES string of the molecule is C=CC(=O)NCCc1nc2ccccc2n1Cc1ccccc1Cl. The van der Waals surface area contributed by atoms with Gasteiger partial charge in [0.25, 0.3) is 0 Å². The Hall–Kier alpha value is -2.59. The number of nitrogens with zero attached hydrogens (tertiary/aromatic N) is 2. The molecule has 0 atom stereocenters. The van der Waals surface area contributed by atoms with Gasteiger partial charge in [0, 0.05) is 18.0 Å². The van der Waals surface area contributed by atoms with Gasteiger partial charge >= 0.3 is 0 Å². The van der Waals surface area contributed by atoms with Crippen LogP contribution in [0, 0.1) is 0 Å². The third kappa shape index (κ3) is 3.49. The predicted molar refractivity (Wildman–Crippen MR) is 97.2 cm³/mol. The number of halogens is 1. The predicted octanol–water partition coefficient (Wildman–Crippen LogP) is 3.58. The molecule has 1 heterocycles. The second-order valence-electron chi connectivity index (χ2n) is 5.44. The van der Waals surface area contributed by atoms with Gasteiger partial charge in [-0.2, -0.15) is 0 Å². The molecule has 24 heavy (non-hydrogen) atoms. The smallest absolute Gasteiger partial charge is 0.243 e. The average molecular weight is 340 g/mol. The molecule has 0 aliphatic carbocycles. The maximum absolute atomic E-state index is 11.3. The number of fused-ring (bicyclic) bond motifs is 1. The van der Waals surface area contributed by atoms with Crippen molar-refractivity contribution >= 4 is 28.5 Å². The molecule has 4 nitrogen and oxygen atoms in total. The lowest BCUT2D eigenvalue weighted by Crippen LogP contribution is -2.24. The molecule has 0 spiro atoms. The highest BCUT2D eigenvalue weighted by Gasteiger charge is 2.12. The third-order valence-corrected chi connectivity index (χ3v) is 4.22. The standard InChI is InChI=1S/C19H18ClN3O/c1-2-19(24)21-12-11-18-22-16-9-5-6-10-17(16)23(18)13-14-7-3-4-8-15(14)20/h2-10H,1,11-13H2,(H,21,24). The lowest BCUT2D eigenvalue weighted by atomic mass is 10.2. The Kier molecular flexibility index (Phi) is 4.96. The zero-order valence-electron chi connectivity index (χ0n) is 13.2. The first-order chi connectivity index (χ1) is 11.7. The normalized spacial score (nSPS) is 10.7. The molecule has 1 N–H and O–H groups in total. The second kappa shape index (κ2) is 7.32. The summed E-state index contributed by atoms with van der Waals surface area (Å²) in [6, 6.07) is 15.8. The third-order valence-electron chi connectivity index (χ3n) is 3.85. The fourth-order valence-corrected chi connectivity index (χ4v) is 2.85. The van der Waals surface area contributed by atoms with Crippen molar-refractivity contribution in [1.29, 1.82) is 0 Å². The Morgan fingerprint density at radius 2 is 1.96 bits per heavy atom. The van der Waals surface area contributed by atoms with Gasteiger partial charge in [0.1, 0.15) is 5.82 Å². The molecule has 3 rings (SSSR count). The van der Waals surface area contributed by atoms with Gasteiger partial charge in [-0.05, 0) is 29.8 Å². The molecule has 0 aliphatic heterocycles. The van der Waals surface area contributed by atoms with Crippen molar-refractivity contribution in [1.82, 2.24) is 14.9 Å². The van der Waals surface area contributed by atoms with Gasteiger partial charge in [0.15, 0.2) is 0 Å². The monoisotopic (exact) mass is 339 g/mol. The molecular weight excluding hydrogens is 322 g/mol. The number of amides is 1. The average Bonchev–Trinajstić information content (AvgIpc) is 2.94. The lowest BCUT2D eigenvalue weighted by molar-refractivity contribution is -0.116. The van der Waals surface area contributed by atoms with Crippen LogP contribution in [0.25, 0.3) is 11.0 Å². The van der Waals surface area contributed by atoms with Crippen LogP contribution in [-0.4, -0.2) is 22.0 Å². The Bertz CT molecular complexity index is 885. The number of carbonyl (C=O) groups is 1. The number of hydrogen-bond donors (Lipinski definition) is 1. The molecule has 122 valence electrons. The van der Waals surface area contributed by atoms with Gasteiger partial charge in [0.2, 0.25) is 5.91 Å². The Labute approximate surface area is 145 Å². The molecule has 0 bridgehead atoms. The van der Waals surface area contributed by atoms with Crippen molar-refractivity contribution in [2.24, 2.45) is 0 Å². The first-order valence-electron chi connectivity index (χ1n) is 7.77. The molecule has 0 radical (unpaired) electrons. The van der Waals surface area contributed by atoms with Gasteiger partial charge in [-0.25, -0.2) is 4.98 Å². The van der Waals surface area contributed by atoms with Crippen LogP contribution in [0.2, 0.25) is 5.02 Å². The minimum atomic E-state index is -0.177. The summed E-state index contributed by atoms with van der Waals surface area (Å²) in [7, 11) is 0. The molecule has 0 saturated carbocycles. The Morgan fingerprint density at radius 1 is 1.21 bits per heavy atom. The van der Waals surface area contributed by atoms with Gasteiger partial charge in [0.05, 0.1) is 17.6 Å². The van der Waals surface area contributed by atoms with Gasteiger partial charge in [-0.15, -0.1) is 0 Å². The van der Waals surface area contributed by atoms with E-state index in [1.165, 1.54) is 6.08 Å². The lowest BCUT2D eigenvalue weighted by Gasteiger charge is -2.11. The van der Waals surface area contributed by atoms with Crippen molar-refractivity contribution in [3.05, 3.63) is 77.6 Å². The Balaban J connectivity index is 1.91. The van der Waals surface area contributed by atoms with Crippen molar-refractivity contribution in [2.45, 2.75) is 13.0 Å². The molecular formula is C19H18ClN3O. The van der Waals surface area contributed by atoms with Gasteiger partial charge in [-0.1, -0.05) is 48.5 Å². The molecule has 0 unspecified atom stereocenters. The molecule has 3 aromatic rings. The van der Waals surface area contributed by atoms with Crippen LogP contribution in [0.5, 0.6) is 0 Å². The number of aromatic nitrogens is 2. The van der Waals surface area contributed by atoms with E-state index in [0.29, 0.717) is 19.5 Å². The van der Waals surface area contributed by atoms with Gasteiger partial charge in [-0.3, -0.25) is 4.79 Å². The quantitative estimate of drug-likeness (QED) is 0.698. The van der Waals surface area contributed by atoms with Crippen molar-refractivity contribution in [2.75, 3.05) is 6.54 Å². The van der Waals surface area contributed by atoms with Crippen LogP contribution < -0.4 is 5.32 Å². The van der Waals surface area contributed by atoms with Crippen LogP contribution in [0.1, 0.15) is 11.4 Å². The highest BCUT2D eigenvalue weighted by atomic mass is 35.5. The van der Waals surface area contributed by atoms with E-state index in [0.717, 1.165) is 27.4 Å². The molecule has 5 heteroatoms. The fourth-order valence-electron chi connectivity index (χ4n) is 2.66. The molecule has 1 aromatic heterocycles. The number of rotatable bonds is 6. The van der Waals surface area contributed by atoms with Crippen LogP contribution in [0.4, 0.5) is 0 Å². The number of benzene rings is 2. The van der Waals surface area contributed by atoms with E-state index in [9.17, 15) is 4.79 Å². The van der Waals surface area contributed by atoms with E-state index in [1.807, 2.05) is 48.5 Å². The highest BCUT2D eigenvalue weighted by Crippen LogP contribution is 2.22. The first kappa shape index (κ1) is 16.3. The second-order valence-corrected chi connectivity index (χ2v) is 5.85. The summed E-state index contributed by atoms with van der Waals surface area (Å²) in [5.74, 6) is 0.740. The highest BCUT2D eigenvalue weighted by molar-refractivity contribution is 6.31. The molecule has 0 saturated heterocycles. The van der Waals surface area contributed by atoms with E-state index in [1.54, 1.807) is 0 Å². The number of imidazole rings is 1. The summed E-state index contributed by atoms with van der Waals surface area (Å²) in [4.78, 5) is 16.0. The van der Waals surface area contributed by atoms with E-state index in [-0.39, 0.29) is 5.91 Å². The zero-order valence-corrected chi connectivity index (χ0v) is 14.0. The Morgan fingerprint density at radius 3 is 2.75 bits per heavy atom. The van der Waals surface area contributed by atoms with Crippen LogP contribution in [0.15, 0.2) is 61.2 Å². The molecule has 1 amide bonds. The molecule has 0 aliphatic rings.